The minimum absolute atomic E-state index is 0.0260. The Balaban J connectivity index is 1.92. The van der Waals surface area contributed by atoms with Gasteiger partial charge in [0.1, 0.15) is 0 Å². The number of carbonyl (C=O) groups excluding carboxylic acids is 2. The summed E-state index contributed by atoms with van der Waals surface area (Å²) in [6.45, 7) is 3.39. The van der Waals surface area contributed by atoms with E-state index in [1.54, 1.807) is 4.90 Å². The molecule has 15 heavy (non-hydrogen) atoms. The minimum Gasteiger partial charge on any atom is -0.345 e. The van der Waals surface area contributed by atoms with E-state index in [2.05, 4.69) is 12.2 Å². The Bertz CT molecular complexity index is 284. The van der Waals surface area contributed by atoms with Gasteiger partial charge in [-0.3, -0.25) is 9.59 Å². The highest BCUT2D eigenvalue weighted by Crippen LogP contribution is 2.50. The molecule has 1 aliphatic carbocycles. The molecule has 0 spiro atoms. The molecular formula is C11H18N2O2. The fraction of sp³-hybridized carbons (Fsp3) is 0.818. The summed E-state index contributed by atoms with van der Waals surface area (Å²) in [5.41, 5.74) is 0.349. The van der Waals surface area contributed by atoms with Crippen LogP contribution in [0.1, 0.15) is 32.6 Å². The maximum Gasteiger partial charge on any atom is 0.242 e. The number of hydrogen-bond acceptors (Lipinski definition) is 2. The molecule has 1 N–H and O–H groups in total. The van der Waals surface area contributed by atoms with Crippen molar-refractivity contribution in [2.24, 2.45) is 5.41 Å². The summed E-state index contributed by atoms with van der Waals surface area (Å²) in [7, 11) is 0. The zero-order valence-electron chi connectivity index (χ0n) is 9.21. The van der Waals surface area contributed by atoms with E-state index in [1.165, 1.54) is 19.3 Å². The summed E-state index contributed by atoms with van der Waals surface area (Å²) in [5.74, 6) is 0.0406. The number of hydrogen-bond donors (Lipinski definition) is 1. The lowest BCUT2D eigenvalue weighted by atomic mass is 9.99. The van der Waals surface area contributed by atoms with Crippen LogP contribution in [0.5, 0.6) is 0 Å². The number of carbonyl (C=O) groups is 2. The van der Waals surface area contributed by atoms with Crippen LogP contribution in [-0.2, 0) is 9.59 Å². The van der Waals surface area contributed by atoms with Crippen molar-refractivity contribution in [1.82, 2.24) is 10.2 Å². The molecule has 0 aromatic rings. The number of rotatable bonds is 4. The van der Waals surface area contributed by atoms with E-state index in [0.29, 0.717) is 5.41 Å². The van der Waals surface area contributed by atoms with Gasteiger partial charge in [0.15, 0.2) is 0 Å². The normalized spacial score (nSPS) is 23.9. The van der Waals surface area contributed by atoms with Gasteiger partial charge in [0.25, 0.3) is 0 Å². The van der Waals surface area contributed by atoms with Gasteiger partial charge >= 0.3 is 0 Å². The number of nitrogens with zero attached hydrogens (tertiary/aromatic N) is 1. The first kappa shape index (κ1) is 10.5. The van der Waals surface area contributed by atoms with Gasteiger partial charge in [-0.05, 0) is 24.7 Å². The molecule has 4 nitrogen and oxygen atoms in total. The Hall–Kier alpha value is -1.06. The minimum atomic E-state index is -0.0260. The summed E-state index contributed by atoms with van der Waals surface area (Å²) in [6, 6.07) is 0. The first-order valence-electron chi connectivity index (χ1n) is 5.70. The van der Waals surface area contributed by atoms with E-state index < -0.39 is 0 Å². The molecule has 0 bridgehead atoms. The van der Waals surface area contributed by atoms with Crippen molar-refractivity contribution in [3.63, 3.8) is 0 Å². The van der Waals surface area contributed by atoms with Crippen molar-refractivity contribution in [2.75, 3.05) is 19.6 Å². The highest BCUT2D eigenvalue weighted by Gasteiger charge is 2.44. The lowest BCUT2D eigenvalue weighted by Crippen LogP contribution is -2.53. The molecule has 4 heteroatoms. The molecule has 1 saturated carbocycles. The molecule has 1 saturated heterocycles. The average Bonchev–Trinajstić information content (AvgIpc) is 2.92. The van der Waals surface area contributed by atoms with E-state index in [9.17, 15) is 9.59 Å². The second-order valence-electron chi connectivity index (χ2n) is 4.78. The van der Waals surface area contributed by atoms with Crippen LogP contribution in [0.3, 0.4) is 0 Å². The molecule has 2 amide bonds. The zero-order valence-corrected chi connectivity index (χ0v) is 9.21. The van der Waals surface area contributed by atoms with Gasteiger partial charge in [-0.15, -0.1) is 0 Å². The topological polar surface area (TPSA) is 49.4 Å². The van der Waals surface area contributed by atoms with Gasteiger partial charge in [0.05, 0.1) is 13.1 Å². The molecule has 2 rings (SSSR count). The van der Waals surface area contributed by atoms with Gasteiger partial charge in [-0.1, -0.05) is 13.3 Å². The Morgan fingerprint density at radius 3 is 2.73 bits per heavy atom. The maximum atomic E-state index is 11.6. The van der Waals surface area contributed by atoms with Gasteiger partial charge in [-0.2, -0.15) is 0 Å². The second kappa shape index (κ2) is 3.83. The second-order valence-corrected chi connectivity index (χ2v) is 4.78. The van der Waals surface area contributed by atoms with Crippen LogP contribution in [0.2, 0.25) is 0 Å². The molecule has 84 valence electrons. The fourth-order valence-electron chi connectivity index (χ4n) is 2.35. The molecular weight excluding hydrogens is 192 g/mol. The van der Waals surface area contributed by atoms with Crippen LogP contribution in [0, 0.1) is 5.41 Å². The molecule has 0 unspecified atom stereocenters. The molecule has 0 atom stereocenters. The monoisotopic (exact) mass is 210 g/mol. The third kappa shape index (κ3) is 2.30. The number of piperazine rings is 1. The highest BCUT2D eigenvalue weighted by molar-refractivity contribution is 5.92. The van der Waals surface area contributed by atoms with Crippen LogP contribution < -0.4 is 5.32 Å². The van der Waals surface area contributed by atoms with E-state index in [-0.39, 0.29) is 24.9 Å². The predicted molar refractivity (Wildman–Crippen MR) is 56.2 cm³/mol. The zero-order chi connectivity index (χ0) is 10.9. The van der Waals surface area contributed by atoms with Gasteiger partial charge in [-0.25, -0.2) is 0 Å². The lowest BCUT2D eigenvalue weighted by Gasteiger charge is -2.30. The summed E-state index contributed by atoms with van der Waals surface area (Å²) in [6.07, 6.45) is 4.77. The van der Waals surface area contributed by atoms with E-state index in [0.717, 1.165) is 13.0 Å². The van der Waals surface area contributed by atoms with E-state index in [1.807, 2.05) is 0 Å². The van der Waals surface area contributed by atoms with Gasteiger partial charge in [0.2, 0.25) is 11.8 Å². The summed E-state index contributed by atoms with van der Waals surface area (Å²) in [4.78, 5) is 24.5. The summed E-state index contributed by atoms with van der Waals surface area (Å²) < 4.78 is 0. The predicted octanol–water partition coefficient (Wildman–Crippen LogP) is 0.525. The third-order valence-corrected chi connectivity index (χ3v) is 3.39. The summed E-state index contributed by atoms with van der Waals surface area (Å²) in [5, 5.41) is 2.57. The number of amides is 2. The van der Waals surface area contributed by atoms with Crippen molar-refractivity contribution in [3.05, 3.63) is 0 Å². The Kier molecular flexibility index (Phi) is 2.67. The van der Waals surface area contributed by atoms with Crippen molar-refractivity contribution in [3.8, 4) is 0 Å². The van der Waals surface area contributed by atoms with Crippen LogP contribution in [0.25, 0.3) is 0 Å². The Labute approximate surface area is 90.0 Å². The van der Waals surface area contributed by atoms with Crippen LogP contribution in [0.15, 0.2) is 0 Å². The standard InChI is InChI=1S/C11H18N2O2/c1-2-3-11(4-5-11)8-13-7-9(14)12-6-10(13)15/h2-8H2,1H3,(H,12,14). The molecule has 0 aromatic heterocycles. The number of nitrogens with one attached hydrogen (secondary N) is 1. The van der Waals surface area contributed by atoms with Crippen molar-refractivity contribution in [1.29, 1.82) is 0 Å². The van der Waals surface area contributed by atoms with Gasteiger partial charge < -0.3 is 10.2 Å². The molecule has 2 fully saturated rings. The maximum absolute atomic E-state index is 11.6. The summed E-state index contributed by atoms with van der Waals surface area (Å²) >= 11 is 0. The van der Waals surface area contributed by atoms with Gasteiger partial charge in [0, 0.05) is 6.54 Å². The highest BCUT2D eigenvalue weighted by atomic mass is 16.2. The quantitative estimate of drug-likeness (QED) is 0.735. The Morgan fingerprint density at radius 2 is 2.13 bits per heavy atom. The first-order chi connectivity index (χ1) is 7.15. The Morgan fingerprint density at radius 1 is 1.40 bits per heavy atom. The smallest absolute Gasteiger partial charge is 0.242 e. The molecule has 1 aliphatic heterocycles. The first-order valence-corrected chi connectivity index (χ1v) is 5.70. The van der Waals surface area contributed by atoms with Crippen molar-refractivity contribution < 1.29 is 9.59 Å². The third-order valence-electron chi connectivity index (χ3n) is 3.39. The van der Waals surface area contributed by atoms with E-state index in [4.69, 9.17) is 0 Å². The van der Waals surface area contributed by atoms with E-state index >= 15 is 0 Å². The molecule has 2 aliphatic rings. The van der Waals surface area contributed by atoms with Crippen LogP contribution in [0.4, 0.5) is 0 Å². The van der Waals surface area contributed by atoms with Crippen LogP contribution >= 0.6 is 0 Å². The fourth-order valence-corrected chi connectivity index (χ4v) is 2.35. The SMILES string of the molecule is CCCC1(CN2CC(=O)NCC2=O)CC1. The van der Waals surface area contributed by atoms with Crippen molar-refractivity contribution >= 4 is 11.8 Å². The molecule has 0 radical (unpaired) electrons. The molecule has 0 aromatic carbocycles. The molecule has 1 heterocycles. The lowest BCUT2D eigenvalue weighted by molar-refractivity contribution is -0.141. The average molecular weight is 210 g/mol. The van der Waals surface area contributed by atoms with Crippen molar-refractivity contribution in [2.45, 2.75) is 32.6 Å². The largest absolute Gasteiger partial charge is 0.345 e. The van der Waals surface area contributed by atoms with Crippen LogP contribution in [-0.4, -0.2) is 36.3 Å².